The quantitative estimate of drug-likeness (QED) is 0.447. The second-order valence-electron chi connectivity index (χ2n) is 7.22. The zero-order valence-corrected chi connectivity index (χ0v) is 20.2. The average Bonchev–Trinajstić information content (AvgIpc) is 2.86. The molecule has 0 heterocycles. The van der Waals surface area contributed by atoms with Crippen LogP contribution in [0.1, 0.15) is 12.5 Å². The van der Waals surface area contributed by atoms with Gasteiger partial charge in [-0.3, -0.25) is 9.10 Å². The molecular formula is C25H28N2O6S. The predicted octanol–water partition coefficient (Wildman–Crippen LogP) is 3.61. The van der Waals surface area contributed by atoms with Crippen molar-refractivity contribution in [3.05, 3.63) is 78.4 Å². The van der Waals surface area contributed by atoms with E-state index in [0.29, 0.717) is 23.9 Å². The number of para-hydroxylation sites is 2. The highest BCUT2D eigenvalue weighted by molar-refractivity contribution is 7.92. The van der Waals surface area contributed by atoms with Gasteiger partial charge >= 0.3 is 0 Å². The fraction of sp³-hybridized carbons (Fsp3) is 0.240. The van der Waals surface area contributed by atoms with Crippen molar-refractivity contribution in [2.24, 2.45) is 0 Å². The molecule has 0 atom stereocenters. The van der Waals surface area contributed by atoms with Gasteiger partial charge in [-0.2, -0.15) is 0 Å². The maximum absolute atomic E-state index is 13.6. The van der Waals surface area contributed by atoms with Crippen LogP contribution in [0.25, 0.3) is 0 Å². The summed E-state index contributed by atoms with van der Waals surface area (Å²) < 4.78 is 44.1. The number of hydrogen-bond donors (Lipinski definition) is 1. The number of carbonyl (C=O) groups is 1. The van der Waals surface area contributed by atoms with Gasteiger partial charge in [-0.1, -0.05) is 24.3 Å². The second-order valence-corrected chi connectivity index (χ2v) is 9.08. The number of rotatable bonds is 11. The zero-order chi connectivity index (χ0) is 24.6. The summed E-state index contributed by atoms with van der Waals surface area (Å²) in [6.07, 6.45) is 0. The van der Waals surface area contributed by atoms with E-state index in [0.717, 1.165) is 9.87 Å². The van der Waals surface area contributed by atoms with E-state index in [2.05, 4.69) is 5.32 Å². The first kappa shape index (κ1) is 24.9. The average molecular weight is 485 g/mol. The lowest BCUT2D eigenvalue weighted by Gasteiger charge is -2.25. The Hall–Kier alpha value is -3.72. The van der Waals surface area contributed by atoms with Gasteiger partial charge in [0.2, 0.25) is 5.91 Å². The molecule has 0 bridgehead atoms. The third-order valence-electron chi connectivity index (χ3n) is 4.99. The standard InChI is InChI=1S/C25H28N2O6S/c1-4-33-21-9-7-8-19(16-21)17-26-25(28)18-27(23-10-5-6-11-24(23)32-3)34(29,30)22-14-12-20(31-2)13-15-22/h5-16H,4,17-18H2,1-3H3,(H,26,28). The molecule has 8 nitrogen and oxygen atoms in total. The summed E-state index contributed by atoms with van der Waals surface area (Å²) in [5, 5.41) is 2.79. The Morgan fingerprint density at radius 1 is 0.912 bits per heavy atom. The first-order valence-corrected chi connectivity index (χ1v) is 12.1. The van der Waals surface area contributed by atoms with Gasteiger partial charge in [0.1, 0.15) is 23.8 Å². The van der Waals surface area contributed by atoms with Crippen molar-refractivity contribution in [3.63, 3.8) is 0 Å². The van der Waals surface area contributed by atoms with E-state index in [1.807, 2.05) is 31.2 Å². The van der Waals surface area contributed by atoms with Crippen LogP contribution < -0.4 is 23.8 Å². The molecule has 0 aliphatic rings. The molecule has 9 heteroatoms. The number of benzene rings is 3. The van der Waals surface area contributed by atoms with Crippen molar-refractivity contribution in [3.8, 4) is 17.2 Å². The van der Waals surface area contributed by atoms with Crippen molar-refractivity contribution in [1.29, 1.82) is 0 Å². The molecule has 0 aliphatic carbocycles. The summed E-state index contributed by atoms with van der Waals surface area (Å²) in [4.78, 5) is 12.9. The van der Waals surface area contributed by atoms with Crippen LogP contribution in [0.3, 0.4) is 0 Å². The Bertz CT molecular complexity index is 1210. The highest BCUT2D eigenvalue weighted by Crippen LogP contribution is 2.32. The Kier molecular flexibility index (Phi) is 8.37. The van der Waals surface area contributed by atoms with E-state index in [1.165, 1.54) is 26.4 Å². The number of amides is 1. The van der Waals surface area contributed by atoms with Gasteiger partial charge in [0.15, 0.2) is 0 Å². The molecule has 1 amide bonds. The Labute approximate surface area is 200 Å². The first-order valence-electron chi connectivity index (χ1n) is 10.7. The molecule has 0 aliphatic heterocycles. The SMILES string of the molecule is CCOc1cccc(CNC(=O)CN(c2ccccc2OC)S(=O)(=O)c2ccc(OC)cc2)c1. The minimum Gasteiger partial charge on any atom is -0.497 e. The van der Waals surface area contributed by atoms with Gasteiger partial charge in [-0.15, -0.1) is 0 Å². The number of ether oxygens (including phenoxy) is 3. The monoisotopic (exact) mass is 484 g/mol. The first-order chi connectivity index (χ1) is 16.4. The minimum absolute atomic E-state index is 0.0245. The molecule has 0 unspecified atom stereocenters. The Morgan fingerprint density at radius 3 is 2.32 bits per heavy atom. The Morgan fingerprint density at radius 2 is 1.65 bits per heavy atom. The molecular weight excluding hydrogens is 456 g/mol. The lowest BCUT2D eigenvalue weighted by atomic mass is 10.2. The third-order valence-corrected chi connectivity index (χ3v) is 6.76. The van der Waals surface area contributed by atoms with Crippen molar-refractivity contribution in [2.45, 2.75) is 18.4 Å². The molecule has 1 N–H and O–H groups in total. The van der Waals surface area contributed by atoms with E-state index in [4.69, 9.17) is 14.2 Å². The van der Waals surface area contributed by atoms with E-state index in [1.54, 1.807) is 36.4 Å². The van der Waals surface area contributed by atoms with Gasteiger partial charge in [0.25, 0.3) is 10.0 Å². The number of nitrogens with zero attached hydrogens (tertiary/aromatic N) is 1. The van der Waals surface area contributed by atoms with Crippen molar-refractivity contribution in [1.82, 2.24) is 5.32 Å². The van der Waals surface area contributed by atoms with E-state index in [-0.39, 0.29) is 17.1 Å². The zero-order valence-electron chi connectivity index (χ0n) is 19.4. The Balaban J connectivity index is 1.86. The summed E-state index contributed by atoms with van der Waals surface area (Å²) in [6.45, 7) is 2.22. The smallest absolute Gasteiger partial charge is 0.264 e. The minimum atomic E-state index is -4.09. The molecule has 0 spiro atoms. The molecule has 180 valence electrons. The maximum atomic E-state index is 13.6. The van der Waals surface area contributed by atoms with Gasteiger partial charge < -0.3 is 19.5 Å². The number of sulfonamides is 1. The van der Waals surface area contributed by atoms with Crippen molar-refractivity contribution < 1.29 is 27.4 Å². The number of methoxy groups -OCH3 is 2. The van der Waals surface area contributed by atoms with Crippen LogP contribution >= 0.6 is 0 Å². The molecule has 0 saturated carbocycles. The fourth-order valence-electron chi connectivity index (χ4n) is 3.31. The van der Waals surface area contributed by atoms with Gasteiger partial charge in [-0.05, 0) is 61.0 Å². The van der Waals surface area contributed by atoms with Crippen molar-refractivity contribution >= 4 is 21.6 Å². The van der Waals surface area contributed by atoms with Crippen LogP contribution in [0.4, 0.5) is 5.69 Å². The molecule has 0 saturated heterocycles. The van der Waals surface area contributed by atoms with Gasteiger partial charge in [-0.25, -0.2) is 8.42 Å². The maximum Gasteiger partial charge on any atom is 0.264 e. The molecule has 0 radical (unpaired) electrons. The van der Waals surface area contributed by atoms with Crippen LogP contribution in [-0.2, 0) is 21.4 Å². The van der Waals surface area contributed by atoms with Crippen LogP contribution in [-0.4, -0.2) is 41.7 Å². The molecule has 0 fully saturated rings. The third kappa shape index (κ3) is 5.99. The lowest BCUT2D eigenvalue weighted by Crippen LogP contribution is -2.40. The topological polar surface area (TPSA) is 94.2 Å². The molecule has 3 aromatic carbocycles. The summed E-state index contributed by atoms with van der Waals surface area (Å²) >= 11 is 0. The number of carbonyl (C=O) groups excluding carboxylic acids is 1. The normalized spacial score (nSPS) is 10.9. The summed E-state index contributed by atoms with van der Waals surface area (Å²) in [7, 11) is -1.14. The molecule has 34 heavy (non-hydrogen) atoms. The number of nitrogens with one attached hydrogen (secondary N) is 1. The summed E-state index contributed by atoms with van der Waals surface area (Å²) in [6, 6.07) is 20.0. The molecule has 3 aromatic rings. The summed E-state index contributed by atoms with van der Waals surface area (Å²) in [5.74, 6) is 1.09. The fourth-order valence-corrected chi connectivity index (χ4v) is 4.74. The molecule has 0 aromatic heterocycles. The van der Waals surface area contributed by atoms with E-state index < -0.39 is 22.5 Å². The summed E-state index contributed by atoms with van der Waals surface area (Å²) in [5.41, 5.74) is 1.09. The highest BCUT2D eigenvalue weighted by atomic mass is 32.2. The van der Waals surface area contributed by atoms with Gasteiger partial charge in [0, 0.05) is 6.54 Å². The van der Waals surface area contributed by atoms with Crippen LogP contribution in [0.15, 0.2) is 77.7 Å². The highest BCUT2D eigenvalue weighted by Gasteiger charge is 2.29. The van der Waals surface area contributed by atoms with Crippen LogP contribution in [0.2, 0.25) is 0 Å². The predicted molar refractivity (Wildman–Crippen MR) is 130 cm³/mol. The largest absolute Gasteiger partial charge is 0.497 e. The lowest BCUT2D eigenvalue weighted by molar-refractivity contribution is -0.119. The number of anilines is 1. The van der Waals surface area contributed by atoms with Crippen molar-refractivity contribution in [2.75, 3.05) is 31.7 Å². The van der Waals surface area contributed by atoms with Crippen LogP contribution in [0, 0.1) is 0 Å². The van der Waals surface area contributed by atoms with E-state index >= 15 is 0 Å². The van der Waals surface area contributed by atoms with Gasteiger partial charge in [0.05, 0.1) is 31.4 Å². The second kappa shape index (κ2) is 11.4. The number of hydrogen-bond acceptors (Lipinski definition) is 6. The molecule has 3 rings (SSSR count). The van der Waals surface area contributed by atoms with Crippen LogP contribution in [0.5, 0.6) is 17.2 Å². The van der Waals surface area contributed by atoms with E-state index in [9.17, 15) is 13.2 Å².